The molecule has 0 spiro atoms. The molecule has 1 aromatic heterocycles. The Balaban J connectivity index is 1.67. The summed E-state index contributed by atoms with van der Waals surface area (Å²) in [7, 11) is 2.05. The van der Waals surface area contributed by atoms with Crippen LogP contribution in [0.25, 0.3) is 0 Å². The van der Waals surface area contributed by atoms with Gasteiger partial charge < -0.3 is 9.47 Å². The number of hydrogen-bond acceptors (Lipinski definition) is 2. The third-order valence-electron chi connectivity index (χ3n) is 4.39. The molecular formula is C18H21BrN2OS. The Hall–Kier alpha value is -1.20. The summed E-state index contributed by atoms with van der Waals surface area (Å²) in [4.78, 5) is 15.9. The van der Waals surface area contributed by atoms with Gasteiger partial charge >= 0.3 is 0 Å². The number of carbonyl (C=O) groups is 1. The number of hydrogen-bond donors (Lipinski definition) is 0. The molecule has 0 radical (unpaired) electrons. The molecule has 0 aliphatic carbocycles. The van der Waals surface area contributed by atoms with Crippen LogP contribution in [0.1, 0.15) is 30.1 Å². The first-order valence-corrected chi connectivity index (χ1v) is 9.64. The van der Waals surface area contributed by atoms with Gasteiger partial charge in [-0.3, -0.25) is 4.79 Å². The molecule has 2 heterocycles. The lowest BCUT2D eigenvalue weighted by Crippen LogP contribution is -2.32. The van der Waals surface area contributed by atoms with Crippen molar-refractivity contribution in [2.75, 3.05) is 12.3 Å². The minimum Gasteiger partial charge on any atom is -0.353 e. The van der Waals surface area contributed by atoms with Gasteiger partial charge in [0.05, 0.1) is 11.8 Å². The molecule has 1 fully saturated rings. The molecule has 1 aliphatic rings. The fourth-order valence-electron chi connectivity index (χ4n) is 3.19. The predicted molar refractivity (Wildman–Crippen MR) is 98.7 cm³/mol. The molecule has 1 amide bonds. The van der Waals surface area contributed by atoms with Crippen molar-refractivity contribution in [3.05, 3.63) is 52.3 Å². The maximum Gasteiger partial charge on any atom is 0.233 e. The highest BCUT2D eigenvalue weighted by atomic mass is 79.9. The Bertz CT molecular complexity index is 713. The summed E-state index contributed by atoms with van der Waals surface area (Å²) in [5.74, 6) is 0.740. The number of amides is 1. The van der Waals surface area contributed by atoms with Crippen molar-refractivity contribution in [2.24, 2.45) is 7.05 Å². The Morgan fingerprint density at radius 2 is 2.22 bits per heavy atom. The molecule has 1 atom stereocenters. The standard InChI is InChI=1S/C18H21BrN2OS/c1-13-11-14(19)7-8-17(13)23-12-18(22)21-10-4-6-16(21)15-5-3-9-20(15)2/h3,5,7-9,11,16H,4,6,10,12H2,1-2H3. The van der Waals surface area contributed by atoms with Gasteiger partial charge in [-0.05, 0) is 55.7 Å². The average Bonchev–Trinajstić information content (AvgIpc) is 3.14. The van der Waals surface area contributed by atoms with E-state index < -0.39 is 0 Å². The van der Waals surface area contributed by atoms with Crippen molar-refractivity contribution in [3.8, 4) is 0 Å². The molecular weight excluding hydrogens is 372 g/mol. The van der Waals surface area contributed by atoms with E-state index >= 15 is 0 Å². The largest absolute Gasteiger partial charge is 0.353 e. The van der Waals surface area contributed by atoms with Crippen molar-refractivity contribution in [1.29, 1.82) is 0 Å². The predicted octanol–water partition coefficient (Wildman–Crippen LogP) is 4.55. The summed E-state index contributed by atoms with van der Waals surface area (Å²) >= 11 is 5.12. The molecule has 2 aromatic rings. The van der Waals surface area contributed by atoms with E-state index in [1.807, 2.05) is 6.07 Å². The summed E-state index contributed by atoms with van der Waals surface area (Å²) in [5.41, 5.74) is 2.44. The second-order valence-electron chi connectivity index (χ2n) is 5.99. The molecule has 122 valence electrons. The summed E-state index contributed by atoms with van der Waals surface area (Å²) in [5, 5.41) is 0. The average molecular weight is 393 g/mol. The lowest BCUT2D eigenvalue weighted by molar-refractivity contribution is -0.129. The normalized spacial score (nSPS) is 17.7. The van der Waals surface area contributed by atoms with Gasteiger partial charge in [0.1, 0.15) is 0 Å². The summed E-state index contributed by atoms with van der Waals surface area (Å²) in [6.07, 6.45) is 4.20. The summed E-state index contributed by atoms with van der Waals surface area (Å²) in [6.45, 7) is 2.95. The van der Waals surface area contributed by atoms with Crippen molar-refractivity contribution in [1.82, 2.24) is 9.47 Å². The molecule has 0 N–H and O–H groups in total. The number of aryl methyl sites for hydroxylation is 2. The van der Waals surface area contributed by atoms with Crippen LogP contribution in [-0.4, -0.2) is 27.7 Å². The highest BCUT2D eigenvalue weighted by Crippen LogP contribution is 2.33. The zero-order valence-electron chi connectivity index (χ0n) is 13.5. The molecule has 1 aliphatic heterocycles. The SMILES string of the molecule is Cc1cc(Br)ccc1SCC(=O)N1CCCC1c1cccn1C. The van der Waals surface area contributed by atoms with Crippen LogP contribution in [0.4, 0.5) is 0 Å². The van der Waals surface area contributed by atoms with Crippen LogP contribution in [-0.2, 0) is 11.8 Å². The number of carbonyl (C=O) groups excluding carboxylic acids is 1. The quantitative estimate of drug-likeness (QED) is 0.712. The Kier molecular flexibility index (Phi) is 5.17. The van der Waals surface area contributed by atoms with Crippen LogP contribution >= 0.6 is 27.7 Å². The highest BCUT2D eigenvalue weighted by Gasteiger charge is 2.31. The molecule has 0 saturated carbocycles. The molecule has 0 bridgehead atoms. The van der Waals surface area contributed by atoms with E-state index in [4.69, 9.17) is 0 Å². The first kappa shape index (κ1) is 16.7. The fraction of sp³-hybridized carbons (Fsp3) is 0.389. The van der Waals surface area contributed by atoms with Crippen LogP contribution in [0.2, 0.25) is 0 Å². The number of thioether (sulfide) groups is 1. The summed E-state index contributed by atoms with van der Waals surface area (Å²) in [6, 6.07) is 10.6. The third-order valence-corrected chi connectivity index (χ3v) is 6.04. The van der Waals surface area contributed by atoms with Crippen LogP contribution in [0.15, 0.2) is 45.9 Å². The number of aromatic nitrogens is 1. The van der Waals surface area contributed by atoms with Gasteiger partial charge in [-0.2, -0.15) is 0 Å². The van der Waals surface area contributed by atoms with Crippen molar-refractivity contribution in [2.45, 2.75) is 30.7 Å². The van der Waals surface area contributed by atoms with Gasteiger partial charge in [0, 0.05) is 34.9 Å². The summed E-state index contributed by atoms with van der Waals surface area (Å²) < 4.78 is 3.21. The molecule has 3 nitrogen and oxygen atoms in total. The number of rotatable bonds is 4. The molecule has 1 saturated heterocycles. The van der Waals surface area contributed by atoms with E-state index in [9.17, 15) is 4.79 Å². The monoisotopic (exact) mass is 392 g/mol. The zero-order valence-corrected chi connectivity index (χ0v) is 15.9. The fourth-order valence-corrected chi connectivity index (χ4v) is 4.56. The first-order chi connectivity index (χ1) is 11.1. The van der Waals surface area contributed by atoms with E-state index in [1.165, 1.54) is 16.2 Å². The van der Waals surface area contributed by atoms with E-state index in [1.54, 1.807) is 11.8 Å². The molecule has 1 aromatic carbocycles. The second-order valence-corrected chi connectivity index (χ2v) is 7.92. The lowest BCUT2D eigenvalue weighted by Gasteiger charge is -2.25. The molecule has 3 rings (SSSR count). The Morgan fingerprint density at radius 3 is 2.91 bits per heavy atom. The molecule has 23 heavy (non-hydrogen) atoms. The topological polar surface area (TPSA) is 25.2 Å². The maximum atomic E-state index is 12.7. The van der Waals surface area contributed by atoms with Crippen LogP contribution in [0.3, 0.4) is 0 Å². The third kappa shape index (κ3) is 3.66. The van der Waals surface area contributed by atoms with Crippen LogP contribution < -0.4 is 0 Å². The minimum atomic E-state index is 0.231. The van der Waals surface area contributed by atoms with Gasteiger partial charge in [-0.1, -0.05) is 15.9 Å². The second kappa shape index (κ2) is 7.14. The maximum absolute atomic E-state index is 12.7. The van der Waals surface area contributed by atoms with Crippen molar-refractivity contribution in [3.63, 3.8) is 0 Å². The van der Waals surface area contributed by atoms with E-state index in [0.717, 1.165) is 23.9 Å². The van der Waals surface area contributed by atoms with Gasteiger partial charge in [-0.15, -0.1) is 11.8 Å². The number of halogens is 1. The Morgan fingerprint density at radius 1 is 1.39 bits per heavy atom. The highest BCUT2D eigenvalue weighted by molar-refractivity contribution is 9.10. The lowest BCUT2D eigenvalue weighted by atomic mass is 10.1. The van der Waals surface area contributed by atoms with Gasteiger partial charge in [-0.25, -0.2) is 0 Å². The van der Waals surface area contributed by atoms with Crippen molar-refractivity contribution < 1.29 is 4.79 Å². The first-order valence-electron chi connectivity index (χ1n) is 7.86. The van der Waals surface area contributed by atoms with E-state index in [2.05, 4.69) is 69.8 Å². The van der Waals surface area contributed by atoms with Crippen LogP contribution in [0.5, 0.6) is 0 Å². The minimum absolute atomic E-state index is 0.231. The number of benzene rings is 1. The van der Waals surface area contributed by atoms with Gasteiger partial charge in [0.25, 0.3) is 0 Å². The molecule has 5 heteroatoms. The number of nitrogens with zero attached hydrogens (tertiary/aromatic N) is 2. The number of likely N-dealkylation sites (tertiary alicyclic amines) is 1. The van der Waals surface area contributed by atoms with Crippen LogP contribution in [0, 0.1) is 6.92 Å². The van der Waals surface area contributed by atoms with Gasteiger partial charge in [0.2, 0.25) is 5.91 Å². The Labute approximate surface area is 150 Å². The van der Waals surface area contributed by atoms with E-state index in [-0.39, 0.29) is 11.9 Å². The van der Waals surface area contributed by atoms with Gasteiger partial charge in [0.15, 0.2) is 0 Å². The smallest absolute Gasteiger partial charge is 0.233 e. The zero-order chi connectivity index (χ0) is 16.4. The molecule has 1 unspecified atom stereocenters. The van der Waals surface area contributed by atoms with Crippen molar-refractivity contribution >= 4 is 33.6 Å². The van der Waals surface area contributed by atoms with E-state index in [0.29, 0.717) is 5.75 Å².